The van der Waals surface area contributed by atoms with E-state index in [0.29, 0.717) is 0 Å². The van der Waals surface area contributed by atoms with Crippen LogP contribution >= 0.6 is 0 Å². The van der Waals surface area contributed by atoms with Gasteiger partial charge >= 0.3 is 5.69 Å². The van der Waals surface area contributed by atoms with Crippen LogP contribution in [0.3, 0.4) is 0 Å². The molecule has 7 nitrogen and oxygen atoms in total. The van der Waals surface area contributed by atoms with Crippen LogP contribution in [0.1, 0.15) is 13.8 Å². The first-order valence-electron chi connectivity index (χ1n) is 4.14. The molecule has 2 heterocycles. The zero-order valence-electron chi connectivity index (χ0n) is 7.84. The summed E-state index contributed by atoms with van der Waals surface area (Å²) < 4.78 is 0. The number of nitrogens with two attached hydrogens (primary N) is 1. The lowest BCUT2D eigenvalue weighted by atomic mass is 10.5. The van der Waals surface area contributed by atoms with E-state index in [4.69, 9.17) is 5.73 Å². The number of aromatic nitrogens is 4. The quantitative estimate of drug-likeness (QED) is 0.457. The van der Waals surface area contributed by atoms with Crippen molar-refractivity contribution < 1.29 is 0 Å². The SMILES string of the molecule is CC.Nc1nc2[nH]c(=O)[nH]c2c(=O)[nH]1. The Hall–Kier alpha value is -2.05. The van der Waals surface area contributed by atoms with E-state index in [0.717, 1.165) is 0 Å². The fourth-order valence-electron chi connectivity index (χ4n) is 0.949. The first kappa shape index (κ1) is 10.0. The van der Waals surface area contributed by atoms with Gasteiger partial charge in [0.2, 0.25) is 5.95 Å². The second kappa shape index (κ2) is 3.77. The molecule has 0 fully saturated rings. The monoisotopic (exact) mass is 197 g/mol. The average Bonchev–Trinajstić information content (AvgIpc) is 2.49. The molecule has 0 atom stereocenters. The van der Waals surface area contributed by atoms with E-state index in [1.165, 1.54) is 0 Å². The highest BCUT2D eigenvalue weighted by Gasteiger charge is 2.03. The first-order valence-corrected chi connectivity index (χ1v) is 4.14. The van der Waals surface area contributed by atoms with Crippen LogP contribution in [-0.4, -0.2) is 19.9 Å². The maximum atomic E-state index is 11.0. The number of H-pyrrole nitrogens is 3. The average molecular weight is 197 g/mol. The van der Waals surface area contributed by atoms with E-state index in [9.17, 15) is 9.59 Å². The number of fused-ring (bicyclic) bond motifs is 1. The van der Waals surface area contributed by atoms with Gasteiger partial charge in [-0.1, -0.05) is 13.8 Å². The van der Waals surface area contributed by atoms with Gasteiger partial charge in [-0.05, 0) is 0 Å². The Kier molecular flexibility index (Phi) is 2.70. The number of hydrogen-bond donors (Lipinski definition) is 4. The molecule has 0 aliphatic carbocycles. The molecule has 0 radical (unpaired) electrons. The minimum atomic E-state index is -0.478. The van der Waals surface area contributed by atoms with Crippen molar-refractivity contribution in [1.29, 1.82) is 0 Å². The van der Waals surface area contributed by atoms with Gasteiger partial charge in [0.05, 0.1) is 0 Å². The highest BCUT2D eigenvalue weighted by Crippen LogP contribution is 1.96. The van der Waals surface area contributed by atoms with E-state index in [1.807, 2.05) is 13.8 Å². The van der Waals surface area contributed by atoms with Crippen molar-refractivity contribution in [3.8, 4) is 0 Å². The van der Waals surface area contributed by atoms with Crippen LogP contribution in [0.2, 0.25) is 0 Å². The number of rotatable bonds is 0. The van der Waals surface area contributed by atoms with Crippen molar-refractivity contribution >= 4 is 17.1 Å². The molecule has 2 aromatic heterocycles. The predicted molar refractivity (Wildman–Crippen MR) is 53.1 cm³/mol. The van der Waals surface area contributed by atoms with Crippen molar-refractivity contribution in [3.63, 3.8) is 0 Å². The van der Waals surface area contributed by atoms with Crippen LogP contribution < -0.4 is 17.0 Å². The smallest absolute Gasteiger partial charge is 0.325 e. The summed E-state index contributed by atoms with van der Waals surface area (Å²) in [4.78, 5) is 32.3. The van der Waals surface area contributed by atoms with Crippen LogP contribution in [0, 0.1) is 0 Å². The van der Waals surface area contributed by atoms with Gasteiger partial charge in [-0.3, -0.25) is 19.7 Å². The third-order valence-electron chi connectivity index (χ3n) is 1.41. The van der Waals surface area contributed by atoms with Crippen molar-refractivity contribution in [2.24, 2.45) is 0 Å². The van der Waals surface area contributed by atoms with E-state index < -0.39 is 11.2 Å². The predicted octanol–water partition coefficient (Wildman–Crippen LogP) is -0.452. The molecule has 0 aliphatic rings. The molecule has 14 heavy (non-hydrogen) atoms. The molecular formula is C7H11N5O2. The number of imidazole rings is 1. The van der Waals surface area contributed by atoms with Crippen molar-refractivity contribution in [3.05, 3.63) is 20.8 Å². The Morgan fingerprint density at radius 3 is 2.43 bits per heavy atom. The van der Waals surface area contributed by atoms with Gasteiger partial charge in [-0.15, -0.1) is 0 Å². The summed E-state index contributed by atoms with van der Waals surface area (Å²) in [5, 5.41) is 0. The minimum Gasteiger partial charge on any atom is -0.369 e. The van der Waals surface area contributed by atoms with Crippen LogP contribution in [0.15, 0.2) is 9.59 Å². The maximum absolute atomic E-state index is 11.0. The normalized spacial score (nSPS) is 9.57. The van der Waals surface area contributed by atoms with E-state index in [-0.39, 0.29) is 17.1 Å². The molecule has 76 valence electrons. The summed E-state index contributed by atoms with van der Waals surface area (Å²) in [7, 11) is 0. The lowest BCUT2D eigenvalue weighted by Crippen LogP contribution is -2.11. The third-order valence-corrected chi connectivity index (χ3v) is 1.41. The molecule has 7 heteroatoms. The number of hydrogen-bond acceptors (Lipinski definition) is 4. The number of nitrogen functional groups attached to an aromatic ring is 1. The van der Waals surface area contributed by atoms with Crippen molar-refractivity contribution in [2.75, 3.05) is 5.73 Å². The molecule has 2 aromatic rings. The molecule has 0 saturated carbocycles. The Labute approximate surface area is 78.4 Å². The largest absolute Gasteiger partial charge is 0.369 e. The lowest BCUT2D eigenvalue weighted by Gasteiger charge is -1.89. The maximum Gasteiger partial charge on any atom is 0.325 e. The van der Waals surface area contributed by atoms with Gasteiger partial charge in [0.1, 0.15) is 0 Å². The van der Waals surface area contributed by atoms with Gasteiger partial charge < -0.3 is 5.73 Å². The summed E-state index contributed by atoms with van der Waals surface area (Å²) >= 11 is 0. The van der Waals surface area contributed by atoms with Gasteiger partial charge in [0, 0.05) is 0 Å². The molecule has 5 N–H and O–H groups in total. The molecule has 0 unspecified atom stereocenters. The molecular weight excluding hydrogens is 186 g/mol. The Balaban J connectivity index is 0.000000461. The zero-order chi connectivity index (χ0) is 10.7. The molecule has 0 bridgehead atoms. The molecule has 0 spiro atoms. The second-order valence-electron chi connectivity index (χ2n) is 2.25. The first-order chi connectivity index (χ1) is 6.66. The highest BCUT2D eigenvalue weighted by atomic mass is 16.1. The standard InChI is InChI=1S/C5H5N5O2.C2H6/c6-4-8-2-1(3(11)10-4)7-5(12)9-2;1-2/h(H5,6,7,8,9,10,11,12);1-2H3. The van der Waals surface area contributed by atoms with Gasteiger partial charge in [0.25, 0.3) is 5.56 Å². The Morgan fingerprint density at radius 2 is 1.79 bits per heavy atom. The van der Waals surface area contributed by atoms with E-state index >= 15 is 0 Å². The van der Waals surface area contributed by atoms with Crippen LogP contribution in [0.25, 0.3) is 11.2 Å². The van der Waals surface area contributed by atoms with Gasteiger partial charge in [-0.25, -0.2) is 4.79 Å². The third kappa shape index (κ3) is 1.65. The number of nitrogens with one attached hydrogen (secondary N) is 3. The van der Waals surface area contributed by atoms with Gasteiger partial charge in [0.15, 0.2) is 11.2 Å². The number of nitrogens with zero attached hydrogens (tertiary/aromatic N) is 1. The highest BCUT2D eigenvalue weighted by molar-refractivity contribution is 5.69. The fourth-order valence-corrected chi connectivity index (χ4v) is 0.949. The van der Waals surface area contributed by atoms with Gasteiger partial charge in [-0.2, -0.15) is 4.98 Å². The second-order valence-corrected chi connectivity index (χ2v) is 2.25. The minimum absolute atomic E-state index is 0.0252. The summed E-state index contributed by atoms with van der Waals surface area (Å²) in [5.41, 5.74) is 4.56. The van der Waals surface area contributed by atoms with E-state index in [2.05, 4.69) is 19.9 Å². The summed E-state index contributed by atoms with van der Waals surface area (Å²) in [6, 6.07) is 0. The summed E-state index contributed by atoms with van der Waals surface area (Å²) in [6.45, 7) is 4.00. The number of aromatic amines is 3. The molecule has 0 amide bonds. The van der Waals surface area contributed by atoms with Crippen molar-refractivity contribution in [1.82, 2.24) is 19.9 Å². The zero-order valence-corrected chi connectivity index (χ0v) is 7.84. The number of anilines is 1. The summed E-state index contributed by atoms with van der Waals surface area (Å²) in [6.07, 6.45) is 0. The Morgan fingerprint density at radius 1 is 1.14 bits per heavy atom. The van der Waals surface area contributed by atoms with E-state index in [1.54, 1.807) is 0 Å². The fraction of sp³-hybridized carbons (Fsp3) is 0.286. The lowest BCUT2D eigenvalue weighted by molar-refractivity contribution is 1.17. The van der Waals surface area contributed by atoms with Crippen molar-refractivity contribution in [2.45, 2.75) is 13.8 Å². The Bertz CT molecular complexity index is 535. The molecule has 0 saturated heterocycles. The molecule has 2 rings (SSSR count). The topological polar surface area (TPSA) is 120 Å². The van der Waals surface area contributed by atoms with Crippen LogP contribution in [-0.2, 0) is 0 Å². The summed E-state index contributed by atoms with van der Waals surface area (Å²) in [5.74, 6) is -0.0252. The molecule has 0 aromatic carbocycles. The molecule has 0 aliphatic heterocycles. The van der Waals surface area contributed by atoms with Crippen LogP contribution in [0.5, 0.6) is 0 Å². The van der Waals surface area contributed by atoms with Crippen LogP contribution in [0.4, 0.5) is 5.95 Å².